The monoisotopic (exact) mass is 385 g/mol. The summed E-state index contributed by atoms with van der Waals surface area (Å²) in [4.78, 5) is 45.4. The topological polar surface area (TPSA) is 147 Å². The minimum Gasteiger partial charge on any atom is -0.477 e. The van der Waals surface area contributed by atoms with Crippen molar-refractivity contribution < 1.29 is 24.3 Å². The summed E-state index contributed by atoms with van der Waals surface area (Å²) in [6.45, 7) is 0. The molecule has 1 saturated heterocycles. The number of aliphatic carboxylic acids is 1. The molecule has 3 aliphatic rings. The summed E-state index contributed by atoms with van der Waals surface area (Å²) in [5.74, 6) is -1.51. The number of carboxylic acid groups (broad SMARTS) is 1. The van der Waals surface area contributed by atoms with Crippen LogP contribution in [-0.2, 0) is 29.9 Å². The zero-order valence-electron chi connectivity index (χ0n) is 13.0. The smallest absolute Gasteiger partial charge is 0.352 e. The minimum absolute atomic E-state index is 0.0413. The summed E-state index contributed by atoms with van der Waals surface area (Å²) in [5, 5.41) is 13.2. The van der Waals surface area contributed by atoms with Gasteiger partial charge >= 0.3 is 5.97 Å². The molecule has 10 nitrogen and oxygen atoms in total. The maximum absolute atomic E-state index is 12.2. The fourth-order valence-corrected chi connectivity index (χ4v) is 4.75. The van der Waals surface area contributed by atoms with Crippen molar-refractivity contribution in [2.75, 3.05) is 12.9 Å². The SMILES string of the molecule is CO/N=S1\C=C(CC(=O)NC2C(=O)N3C(C(=O)O)=CCSC23)N=C1N. The summed E-state index contributed by atoms with van der Waals surface area (Å²) in [6.07, 6.45) is 1.44. The Bertz CT molecular complexity index is 775. The number of nitrogens with zero attached hydrogens (tertiary/aromatic N) is 3. The van der Waals surface area contributed by atoms with Crippen LogP contribution in [0.3, 0.4) is 0 Å². The van der Waals surface area contributed by atoms with Gasteiger partial charge < -0.3 is 16.2 Å². The number of β-lactam (4-membered cyclic amide) rings is 1. The summed E-state index contributed by atoms with van der Waals surface area (Å²) >= 11 is 1.40. The van der Waals surface area contributed by atoms with E-state index >= 15 is 0 Å². The van der Waals surface area contributed by atoms with Crippen molar-refractivity contribution in [3.05, 3.63) is 22.9 Å². The van der Waals surface area contributed by atoms with Gasteiger partial charge in [0.1, 0.15) is 17.1 Å². The van der Waals surface area contributed by atoms with Crippen molar-refractivity contribution in [2.45, 2.75) is 17.8 Å². The number of carbonyl (C=O) groups is 3. The van der Waals surface area contributed by atoms with E-state index in [0.29, 0.717) is 11.4 Å². The highest BCUT2D eigenvalue weighted by Crippen LogP contribution is 2.37. The van der Waals surface area contributed by atoms with Crippen LogP contribution in [0.25, 0.3) is 0 Å². The first-order valence-electron chi connectivity index (χ1n) is 7.12. The molecular weight excluding hydrogens is 370 g/mol. The molecule has 2 amide bonds. The fraction of sp³-hybridized carbons (Fsp3) is 0.385. The van der Waals surface area contributed by atoms with Gasteiger partial charge in [0.25, 0.3) is 5.91 Å². The third-order valence-electron chi connectivity index (χ3n) is 3.59. The van der Waals surface area contributed by atoms with Gasteiger partial charge in [-0.25, -0.2) is 14.6 Å². The second-order valence-electron chi connectivity index (χ2n) is 5.18. The number of carbonyl (C=O) groups excluding carboxylic acids is 2. The number of amides is 2. The lowest BCUT2D eigenvalue weighted by molar-refractivity contribution is -0.150. The molecular formula is C13H15N5O5S2. The predicted octanol–water partition coefficient (Wildman–Crippen LogP) is -0.722. The number of amidine groups is 1. The zero-order valence-corrected chi connectivity index (χ0v) is 14.7. The Labute approximate surface area is 149 Å². The van der Waals surface area contributed by atoms with Crippen LogP contribution in [-0.4, -0.2) is 57.2 Å². The van der Waals surface area contributed by atoms with Crippen molar-refractivity contribution in [3.8, 4) is 0 Å². The van der Waals surface area contributed by atoms with Gasteiger partial charge in [0.05, 0.1) is 19.2 Å². The van der Waals surface area contributed by atoms with Crippen LogP contribution in [0.15, 0.2) is 32.4 Å². The van der Waals surface area contributed by atoms with Crippen LogP contribution in [0.5, 0.6) is 0 Å². The molecule has 3 aliphatic heterocycles. The Balaban J connectivity index is 1.61. The molecule has 1 fully saturated rings. The highest BCUT2D eigenvalue weighted by molar-refractivity contribution is 8.05. The first-order chi connectivity index (χ1) is 11.9. The minimum atomic E-state index is -1.15. The van der Waals surface area contributed by atoms with Crippen molar-refractivity contribution in [3.63, 3.8) is 0 Å². The van der Waals surface area contributed by atoms with Gasteiger partial charge in [0.15, 0.2) is 5.17 Å². The van der Waals surface area contributed by atoms with Crippen LogP contribution in [0.4, 0.5) is 0 Å². The first-order valence-corrected chi connectivity index (χ1v) is 9.41. The average molecular weight is 385 g/mol. The quantitative estimate of drug-likeness (QED) is 0.418. The Hall–Kier alpha value is -2.18. The molecule has 0 spiro atoms. The van der Waals surface area contributed by atoms with Crippen molar-refractivity contribution in [1.29, 1.82) is 0 Å². The predicted molar refractivity (Wildman–Crippen MR) is 91.9 cm³/mol. The number of nitrogens with two attached hydrogens (primary N) is 1. The van der Waals surface area contributed by atoms with Gasteiger partial charge in [-0.05, 0) is 6.08 Å². The molecule has 25 heavy (non-hydrogen) atoms. The molecule has 0 aromatic heterocycles. The molecule has 3 atom stereocenters. The third-order valence-corrected chi connectivity index (χ3v) is 6.10. The van der Waals surface area contributed by atoms with E-state index in [2.05, 4.69) is 19.7 Å². The summed E-state index contributed by atoms with van der Waals surface area (Å²) < 4.78 is 3.78. The number of aliphatic imine (C=N–C) groups is 1. The lowest BCUT2D eigenvalue weighted by Crippen LogP contribution is -2.70. The number of fused-ring (bicyclic) bond motifs is 1. The van der Waals surface area contributed by atoms with Gasteiger partial charge in [0.2, 0.25) is 5.91 Å². The van der Waals surface area contributed by atoms with E-state index in [1.807, 2.05) is 0 Å². The Morgan fingerprint density at radius 2 is 2.40 bits per heavy atom. The number of hydrogen-bond acceptors (Lipinski definition) is 8. The van der Waals surface area contributed by atoms with Gasteiger partial charge in [-0.1, -0.05) is 4.53 Å². The zero-order chi connectivity index (χ0) is 18.1. The Kier molecular flexibility index (Phi) is 4.92. The van der Waals surface area contributed by atoms with E-state index in [9.17, 15) is 14.4 Å². The molecule has 0 aromatic rings. The third kappa shape index (κ3) is 3.32. The summed E-state index contributed by atoms with van der Waals surface area (Å²) in [6, 6.07) is -0.745. The van der Waals surface area contributed by atoms with E-state index in [-0.39, 0.29) is 17.3 Å². The first kappa shape index (κ1) is 17.6. The Morgan fingerprint density at radius 3 is 3.08 bits per heavy atom. The Morgan fingerprint density at radius 1 is 1.64 bits per heavy atom. The van der Waals surface area contributed by atoms with Crippen LogP contribution < -0.4 is 11.1 Å². The molecule has 0 aromatic carbocycles. The van der Waals surface area contributed by atoms with Crippen LogP contribution >= 0.6 is 11.8 Å². The molecule has 0 aliphatic carbocycles. The average Bonchev–Trinajstić information content (AvgIpc) is 2.91. The van der Waals surface area contributed by atoms with E-state index in [4.69, 9.17) is 10.8 Å². The van der Waals surface area contributed by atoms with E-state index in [1.54, 1.807) is 5.41 Å². The van der Waals surface area contributed by atoms with Crippen LogP contribution in [0, 0.1) is 0 Å². The van der Waals surface area contributed by atoms with Gasteiger partial charge in [0, 0.05) is 21.9 Å². The molecule has 0 radical (unpaired) electrons. The lowest BCUT2D eigenvalue weighted by Gasteiger charge is -2.48. The summed E-state index contributed by atoms with van der Waals surface area (Å²) in [7, 11) is 0.591. The number of nitrogens with one attached hydrogen (secondary N) is 1. The number of thioether (sulfide) groups is 1. The highest BCUT2D eigenvalue weighted by Gasteiger charge is 2.52. The van der Waals surface area contributed by atoms with Crippen LogP contribution in [0.2, 0.25) is 0 Å². The molecule has 3 unspecified atom stereocenters. The van der Waals surface area contributed by atoms with E-state index in [0.717, 1.165) is 0 Å². The molecule has 0 bridgehead atoms. The second-order valence-corrected chi connectivity index (χ2v) is 7.76. The number of carboxylic acids is 1. The standard InChI is InChI=1S/C13H15N5O5S2/c1-23-17-25-5-6(15-13(25)14)4-8(19)16-9-10(20)18-7(12(21)22)2-3-24-11(9)18/h2,5,9,11H,3-4H2,1H3,(H2,14,15)(H,16,19)(H,21,22). The number of rotatable bonds is 5. The largest absolute Gasteiger partial charge is 0.477 e. The molecule has 3 heterocycles. The molecule has 3 rings (SSSR count). The fourth-order valence-electron chi connectivity index (χ4n) is 2.55. The van der Waals surface area contributed by atoms with Gasteiger partial charge in [-0.2, -0.15) is 0 Å². The second kappa shape index (κ2) is 6.98. The molecule has 0 saturated carbocycles. The van der Waals surface area contributed by atoms with Crippen molar-refractivity contribution >= 4 is 45.4 Å². The molecule has 12 heteroatoms. The van der Waals surface area contributed by atoms with Crippen molar-refractivity contribution in [2.24, 2.45) is 15.3 Å². The van der Waals surface area contributed by atoms with E-state index < -0.39 is 39.9 Å². The summed E-state index contributed by atoms with van der Waals surface area (Å²) in [5.41, 5.74) is 6.11. The maximum Gasteiger partial charge on any atom is 0.352 e. The normalized spacial score (nSPS) is 27.9. The van der Waals surface area contributed by atoms with Crippen molar-refractivity contribution in [1.82, 2.24) is 10.2 Å². The van der Waals surface area contributed by atoms with Crippen LogP contribution in [0.1, 0.15) is 6.42 Å². The maximum atomic E-state index is 12.2. The highest BCUT2D eigenvalue weighted by atomic mass is 32.2. The van der Waals surface area contributed by atoms with E-state index in [1.165, 1.54) is 29.8 Å². The molecule has 134 valence electrons. The number of hydrogen-bond donors (Lipinski definition) is 3. The van der Waals surface area contributed by atoms with Gasteiger partial charge in [-0.3, -0.25) is 14.5 Å². The molecule has 4 N–H and O–H groups in total. The van der Waals surface area contributed by atoms with Gasteiger partial charge in [-0.15, -0.1) is 11.8 Å². The lowest BCUT2D eigenvalue weighted by atomic mass is 10.0.